The minimum absolute atomic E-state index is 0.0545. The Balaban J connectivity index is 3.09. The van der Waals surface area contributed by atoms with E-state index < -0.39 is 0 Å². The van der Waals surface area contributed by atoms with Crippen LogP contribution in [-0.2, 0) is 4.74 Å². The van der Waals surface area contributed by atoms with Gasteiger partial charge in [0, 0.05) is 0 Å². The molecule has 0 rings (SSSR count). The zero-order valence-corrected chi connectivity index (χ0v) is 5.71. The van der Waals surface area contributed by atoms with Gasteiger partial charge in [0.15, 0.2) is 0 Å². The third-order valence-electron chi connectivity index (χ3n) is 0.961. The van der Waals surface area contributed by atoms with Crippen molar-refractivity contribution in [3.05, 3.63) is 0 Å². The molecule has 7 N–H and O–H groups in total. The number of nitrogens with one attached hydrogen (secondary N) is 2. The summed E-state index contributed by atoms with van der Waals surface area (Å²) in [5, 5.41) is 8.55. The van der Waals surface area contributed by atoms with Gasteiger partial charge in [-0.05, 0) is 0 Å². The summed E-state index contributed by atoms with van der Waals surface area (Å²) in [5.74, 6) is 9.93. The largest absolute Gasteiger partial charge is 0.395 e. The number of hydrogen-bond donors (Lipinski definition) is 5. The van der Waals surface area contributed by atoms with Crippen LogP contribution in [0.15, 0.2) is 0 Å². The van der Waals surface area contributed by atoms with Gasteiger partial charge in [-0.1, -0.05) is 0 Å². The minimum atomic E-state index is -0.228. The summed E-state index contributed by atoms with van der Waals surface area (Å²) in [4.78, 5) is 0. The second-order valence-electron chi connectivity index (χ2n) is 1.77. The topological polar surface area (TPSA) is 106 Å². The smallest absolute Gasteiger partial charge is 0.109 e. The molecule has 0 saturated carbocycles. The third-order valence-corrected chi connectivity index (χ3v) is 0.961. The molecule has 6 nitrogen and oxygen atoms in total. The van der Waals surface area contributed by atoms with Crippen LogP contribution in [0.1, 0.15) is 0 Å². The summed E-state index contributed by atoms with van der Waals surface area (Å²) in [6.45, 7) is 0.524. The van der Waals surface area contributed by atoms with Crippen molar-refractivity contribution in [2.75, 3.05) is 19.9 Å². The van der Waals surface area contributed by atoms with E-state index in [0.717, 1.165) is 0 Å². The van der Waals surface area contributed by atoms with Crippen molar-refractivity contribution in [2.45, 2.75) is 6.04 Å². The first-order valence-corrected chi connectivity index (χ1v) is 2.93. The standard InChI is InChI=1S/C4H14N4O2/c5-7-3-10-2-4(1-9)8-6/h4,7-9H,1-3,5-6H2. The summed E-state index contributed by atoms with van der Waals surface area (Å²) in [6.07, 6.45) is 0. The van der Waals surface area contributed by atoms with Crippen molar-refractivity contribution in [1.29, 1.82) is 0 Å². The molecule has 6 heteroatoms. The SMILES string of the molecule is NNCOCC(CO)NN. The van der Waals surface area contributed by atoms with Crippen LogP contribution in [0.2, 0.25) is 0 Å². The van der Waals surface area contributed by atoms with Gasteiger partial charge in [0.25, 0.3) is 0 Å². The first kappa shape index (κ1) is 9.76. The Kier molecular flexibility index (Phi) is 6.71. The van der Waals surface area contributed by atoms with Gasteiger partial charge in [-0.3, -0.25) is 17.1 Å². The van der Waals surface area contributed by atoms with Crippen LogP contribution in [0.5, 0.6) is 0 Å². The zero-order chi connectivity index (χ0) is 7.82. The number of aliphatic hydroxyl groups is 1. The Bertz CT molecular complexity index is 68.3. The predicted octanol–water partition coefficient (Wildman–Crippen LogP) is -2.75. The number of ether oxygens (including phenoxy) is 1. The third kappa shape index (κ3) is 4.62. The highest BCUT2D eigenvalue weighted by Crippen LogP contribution is 1.79. The Hall–Kier alpha value is -0.240. The number of hydrazine groups is 2. The molecule has 1 unspecified atom stereocenters. The van der Waals surface area contributed by atoms with Gasteiger partial charge in [0.05, 0.1) is 19.3 Å². The highest BCUT2D eigenvalue weighted by Gasteiger charge is 2.02. The van der Waals surface area contributed by atoms with Crippen molar-refractivity contribution >= 4 is 0 Å². The van der Waals surface area contributed by atoms with Gasteiger partial charge in [0.1, 0.15) is 6.73 Å². The quantitative estimate of drug-likeness (QED) is 0.122. The van der Waals surface area contributed by atoms with Gasteiger partial charge >= 0.3 is 0 Å². The van der Waals surface area contributed by atoms with E-state index in [-0.39, 0.29) is 19.4 Å². The number of hydrogen-bond acceptors (Lipinski definition) is 6. The van der Waals surface area contributed by atoms with Crippen LogP contribution in [-0.4, -0.2) is 31.1 Å². The van der Waals surface area contributed by atoms with Gasteiger partial charge in [0.2, 0.25) is 0 Å². The van der Waals surface area contributed by atoms with Crippen molar-refractivity contribution < 1.29 is 9.84 Å². The molecule has 0 aliphatic carbocycles. The molecule has 62 valence electrons. The second kappa shape index (κ2) is 6.87. The van der Waals surface area contributed by atoms with E-state index in [1.807, 2.05) is 0 Å². The van der Waals surface area contributed by atoms with Crippen LogP contribution >= 0.6 is 0 Å². The van der Waals surface area contributed by atoms with E-state index in [0.29, 0.717) is 6.61 Å². The maximum Gasteiger partial charge on any atom is 0.109 e. The molecule has 0 aliphatic heterocycles. The second-order valence-corrected chi connectivity index (χ2v) is 1.77. The molecule has 0 saturated heterocycles. The molecule has 0 heterocycles. The minimum Gasteiger partial charge on any atom is -0.395 e. The zero-order valence-electron chi connectivity index (χ0n) is 5.71. The molecule has 0 aliphatic rings. The molecule has 0 fully saturated rings. The van der Waals surface area contributed by atoms with Crippen molar-refractivity contribution in [3.8, 4) is 0 Å². The molecule has 0 aromatic carbocycles. The summed E-state index contributed by atoms with van der Waals surface area (Å²) in [5.41, 5.74) is 4.67. The van der Waals surface area contributed by atoms with E-state index in [4.69, 9.17) is 21.5 Å². The lowest BCUT2D eigenvalue weighted by atomic mass is 10.4. The van der Waals surface area contributed by atoms with Crippen molar-refractivity contribution in [2.24, 2.45) is 11.7 Å². The van der Waals surface area contributed by atoms with E-state index in [9.17, 15) is 0 Å². The first-order valence-electron chi connectivity index (χ1n) is 2.93. The van der Waals surface area contributed by atoms with Crippen molar-refractivity contribution in [1.82, 2.24) is 10.9 Å². The molecule has 1 atom stereocenters. The van der Waals surface area contributed by atoms with E-state index in [2.05, 4.69) is 10.9 Å². The highest BCUT2D eigenvalue weighted by atomic mass is 16.5. The van der Waals surface area contributed by atoms with Crippen molar-refractivity contribution in [3.63, 3.8) is 0 Å². The Morgan fingerprint density at radius 2 is 2.20 bits per heavy atom. The fourth-order valence-corrected chi connectivity index (χ4v) is 0.414. The highest BCUT2D eigenvalue weighted by molar-refractivity contribution is 4.58. The molecular formula is C4H14N4O2. The van der Waals surface area contributed by atoms with E-state index >= 15 is 0 Å². The maximum absolute atomic E-state index is 8.55. The van der Waals surface area contributed by atoms with Gasteiger partial charge in [-0.2, -0.15) is 0 Å². The summed E-state index contributed by atoms with van der Waals surface area (Å²) in [7, 11) is 0. The molecular weight excluding hydrogens is 136 g/mol. The molecule has 0 amide bonds. The molecule has 0 radical (unpaired) electrons. The molecule has 10 heavy (non-hydrogen) atoms. The number of nitrogens with two attached hydrogens (primary N) is 2. The first-order chi connectivity index (χ1) is 4.85. The fourth-order valence-electron chi connectivity index (χ4n) is 0.414. The normalized spacial score (nSPS) is 13.5. The lowest BCUT2D eigenvalue weighted by Gasteiger charge is -2.11. The molecule has 0 aromatic heterocycles. The fraction of sp³-hybridized carbons (Fsp3) is 1.00. The molecule has 0 aromatic rings. The van der Waals surface area contributed by atoms with E-state index in [1.54, 1.807) is 0 Å². The lowest BCUT2D eigenvalue weighted by Crippen LogP contribution is -2.42. The van der Waals surface area contributed by atoms with Crippen LogP contribution < -0.4 is 22.5 Å². The summed E-state index contributed by atoms with van der Waals surface area (Å²) in [6, 6.07) is -0.228. The van der Waals surface area contributed by atoms with Crippen LogP contribution in [0.3, 0.4) is 0 Å². The van der Waals surface area contributed by atoms with Crippen LogP contribution in [0.4, 0.5) is 0 Å². The summed E-state index contributed by atoms with van der Waals surface area (Å²) >= 11 is 0. The monoisotopic (exact) mass is 150 g/mol. The molecule has 0 bridgehead atoms. The van der Waals surface area contributed by atoms with Crippen LogP contribution in [0, 0.1) is 0 Å². The molecule has 0 spiro atoms. The Morgan fingerprint density at radius 3 is 2.60 bits per heavy atom. The van der Waals surface area contributed by atoms with Crippen LogP contribution in [0.25, 0.3) is 0 Å². The van der Waals surface area contributed by atoms with Gasteiger partial charge in [-0.25, -0.2) is 5.43 Å². The average Bonchev–Trinajstić information content (AvgIpc) is 1.99. The maximum atomic E-state index is 8.55. The Labute approximate surface area is 59.5 Å². The average molecular weight is 150 g/mol. The van der Waals surface area contributed by atoms with Gasteiger partial charge < -0.3 is 9.84 Å². The lowest BCUT2D eigenvalue weighted by molar-refractivity contribution is 0.0772. The van der Waals surface area contributed by atoms with Gasteiger partial charge in [-0.15, -0.1) is 0 Å². The Morgan fingerprint density at radius 1 is 1.50 bits per heavy atom. The number of aliphatic hydroxyl groups excluding tert-OH is 1. The number of rotatable bonds is 6. The summed E-state index contributed by atoms with van der Waals surface area (Å²) < 4.78 is 4.89. The predicted molar refractivity (Wildman–Crippen MR) is 36.3 cm³/mol. The van der Waals surface area contributed by atoms with E-state index in [1.165, 1.54) is 0 Å².